The van der Waals surface area contributed by atoms with Crippen molar-refractivity contribution in [3.63, 3.8) is 0 Å². The second kappa shape index (κ2) is 7.66. The molecule has 2 rings (SSSR count). The smallest absolute Gasteiger partial charge is 0.335 e. The Labute approximate surface area is 149 Å². The highest BCUT2D eigenvalue weighted by molar-refractivity contribution is 7.92. The maximum atomic E-state index is 12.1. The summed E-state index contributed by atoms with van der Waals surface area (Å²) in [5.41, 5.74) is 1.17. The first kappa shape index (κ1) is 18.9. The third-order valence-corrected chi connectivity index (χ3v) is 6.18. The van der Waals surface area contributed by atoms with Crippen LogP contribution in [0.1, 0.15) is 26.3 Å². The molecule has 2 aromatic rings. The Morgan fingerprint density at radius 1 is 1.24 bits per heavy atom. The average molecular weight is 383 g/mol. The number of carbonyl (C=O) groups is 2. The quantitative estimate of drug-likeness (QED) is 0.755. The molecule has 1 aromatic carbocycles. The summed E-state index contributed by atoms with van der Waals surface area (Å²) in [4.78, 5) is 23.0. The second-order valence-corrected chi connectivity index (χ2v) is 8.42. The van der Waals surface area contributed by atoms with Crippen LogP contribution in [0.25, 0.3) is 0 Å². The molecule has 2 N–H and O–H groups in total. The summed E-state index contributed by atoms with van der Waals surface area (Å²) >= 11 is 1.00. The summed E-state index contributed by atoms with van der Waals surface area (Å²) in [6, 6.07) is 5.88. The van der Waals surface area contributed by atoms with Crippen molar-refractivity contribution in [2.24, 2.45) is 0 Å². The van der Waals surface area contributed by atoms with Gasteiger partial charge in [-0.1, -0.05) is 6.07 Å². The molecule has 0 saturated heterocycles. The third kappa shape index (κ3) is 4.80. The zero-order chi connectivity index (χ0) is 18.6. The predicted molar refractivity (Wildman–Crippen MR) is 93.4 cm³/mol. The van der Waals surface area contributed by atoms with Crippen molar-refractivity contribution in [3.05, 3.63) is 46.3 Å². The molecule has 0 saturated carbocycles. The number of benzene rings is 1. The van der Waals surface area contributed by atoms with Crippen molar-refractivity contribution in [3.8, 4) is 5.75 Å². The highest BCUT2D eigenvalue weighted by Crippen LogP contribution is 2.21. The molecule has 0 aliphatic heterocycles. The van der Waals surface area contributed by atoms with Gasteiger partial charge in [-0.3, -0.25) is 4.79 Å². The van der Waals surface area contributed by atoms with Crippen LogP contribution in [0, 0.1) is 0 Å². The van der Waals surface area contributed by atoms with E-state index in [4.69, 9.17) is 9.84 Å². The van der Waals surface area contributed by atoms with Gasteiger partial charge < -0.3 is 15.2 Å². The number of sulfone groups is 1. The average Bonchev–Trinajstić information content (AvgIpc) is 3.05. The first-order valence-electron chi connectivity index (χ1n) is 7.19. The zero-order valence-corrected chi connectivity index (χ0v) is 15.2. The van der Waals surface area contributed by atoms with Crippen LogP contribution in [0.2, 0.25) is 0 Å². The van der Waals surface area contributed by atoms with Gasteiger partial charge in [0.1, 0.15) is 9.96 Å². The van der Waals surface area contributed by atoms with E-state index in [9.17, 15) is 18.0 Å². The number of nitrogens with one attached hydrogen (secondary N) is 1. The van der Waals surface area contributed by atoms with Crippen LogP contribution in [0.3, 0.4) is 0 Å². The number of aromatic carboxylic acids is 1. The second-order valence-electron chi connectivity index (χ2n) is 5.26. The van der Waals surface area contributed by atoms with Crippen molar-refractivity contribution >= 4 is 33.1 Å². The summed E-state index contributed by atoms with van der Waals surface area (Å²) in [5, 5.41) is 13.2. The van der Waals surface area contributed by atoms with Gasteiger partial charge in [-0.15, -0.1) is 11.3 Å². The number of methoxy groups -OCH3 is 1. The summed E-state index contributed by atoms with van der Waals surface area (Å²) in [5.74, 6) is -0.978. The highest BCUT2D eigenvalue weighted by atomic mass is 32.2. The lowest BCUT2D eigenvalue weighted by atomic mass is 10.1. The molecule has 0 radical (unpaired) electrons. The van der Waals surface area contributed by atoms with Crippen LogP contribution in [0.15, 0.2) is 33.9 Å². The van der Waals surface area contributed by atoms with Crippen LogP contribution in [-0.4, -0.2) is 45.3 Å². The van der Waals surface area contributed by atoms with Crippen molar-refractivity contribution in [1.82, 2.24) is 5.32 Å². The fourth-order valence-electron chi connectivity index (χ4n) is 2.13. The number of carboxylic acids is 1. The molecule has 0 spiro atoms. The number of thiophene rings is 1. The Morgan fingerprint density at radius 2 is 1.96 bits per heavy atom. The van der Waals surface area contributed by atoms with Gasteiger partial charge in [0, 0.05) is 18.2 Å². The van der Waals surface area contributed by atoms with E-state index >= 15 is 0 Å². The number of carboxylic acid groups (broad SMARTS) is 1. The molecule has 0 unspecified atom stereocenters. The normalized spacial score (nSPS) is 11.1. The molecule has 134 valence electrons. The minimum Gasteiger partial charge on any atom is -0.496 e. The standard InChI is InChI=1S/C16H17NO6S2/c1-23-13-7-11(16(19)20)4-3-10(13)5-6-17-15(18)12-8-14(24-9-12)25(2,21)22/h3-4,7-9H,5-6H2,1-2H3,(H,17,18)(H,19,20). The first-order chi connectivity index (χ1) is 11.7. The van der Waals surface area contributed by atoms with E-state index in [0.717, 1.165) is 23.2 Å². The van der Waals surface area contributed by atoms with Gasteiger partial charge in [0.25, 0.3) is 5.91 Å². The Bertz CT molecular complexity index is 901. The summed E-state index contributed by atoms with van der Waals surface area (Å²) in [6.07, 6.45) is 1.53. The Hall–Kier alpha value is -2.39. The lowest BCUT2D eigenvalue weighted by molar-refractivity contribution is 0.0696. The molecule has 1 aromatic heterocycles. The molecule has 0 fully saturated rings. The summed E-state index contributed by atoms with van der Waals surface area (Å²) in [6.45, 7) is 0.297. The van der Waals surface area contributed by atoms with Crippen molar-refractivity contribution < 1.29 is 27.9 Å². The van der Waals surface area contributed by atoms with Gasteiger partial charge in [0.15, 0.2) is 9.84 Å². The number of carbonyl (C=O) groups excluding carboxylic acids is 1. The molecule has 0 aliphatic carbocycles. The molecule has 0 bridgehead atoms. The predicted octanol–water partition coefficient (Wildman–Crippen LogP) is 1.83. The molecule has 1 heterocycles. The van der Waals surface area contributed by atoms with Crippen molar-refractivity contribution in [2.75, 3.05) is 19.9 Å². The zero-order valence-electron chi connectivity index (χ0n) is 13.6. The van der Waals surface area contributed by atoms with Crippen molar-refractivity contribution in [1.29, 1.82) is 0 Å². The Balaban J connectivity index is 1.99. The SMILES string of the molecule is COc1cc(C(=O)O)ccc1CCNC(=O)c1csc(S(C)(=O)=O)c1. The molecular formula is C16H17NO6S2. The van der Waals surface area contributed by atoms with E-state index in [1.807, 2.05) is 0 Å². The van der Waals surface area contributed by atoms with Gasteiger partial charge in [-0.2, -0.15) is 0 Å². The highest BCUT2D eigenvalue weighted by Gasteiger charge is 2.15. The number of rotatable bonds is 7. The Morgan fingerprint density at radius 3 is 2.52 bits per heavy atom. The maximum absolute atomic E-state index is 12.1. The van der Waals surface area contributed by atoms with E-state index in [1.54, 1.807) is 6.07 Å². The first-order valence-corrected chi connectivity index (χ1v) is 9.96. The third-order valence-electron chi connectivity index (χ3n) is 3.42. The molecule has 7 nitrogen and oxygen atoms in total. The number of hydrogen-bond acceptors (Lipinski definition) is 6. The van der Waals surface area contributed by atoms with E-state index in [2.05, 4.69) is 5.32 Å². The molecule has 9 heteroatoms. The molecule has 0 aliphatic rings. The maximum Gasteiger partial charge on any atom is 0.335 e. The van der Waals surface area contributed by atoms with Crippen LogP contribution in [-0.2, 0) is 16.3 Å². The Kier molecular flexibility index (Phi) is 5.81. The summed E-state index contributed by atoms with van der Waals surface area (Å²) in [7, 11) is -1.88. The van der Waals surface area contributed by atoms with Crippen LogP contribution in [0.4, 0.5) is 0 Å². The topological polar surface area (TPSA) is 110 Å². The molecule has 1 amide bonds. The number of ether oxygens (including phenoxy) is 1. The molecular weight excluding hydrogens is 366 g/mol. The van der Waals surface area contributed by atoms with Gasteiger partial charge in [-0.05, 0) is 30.2 Å². The number of amides is 1. The van der Waals surface area contributed by atoms with Gasteiger partial charge in [0.2, 0.25) is 0 Å². The van der Waals surface area contributed by atoms with E-state index in [1.165, 1.54) is 30.7 Å². The van der Waals surface area contributed by atoms with Gasteiger partial charge in [0.05, 0.1) is 18.2 Å². The number of hydrogen-bond donors (Lipinski definition) is 2. The summed E-state index contributed by atoms with van der Waals surface area (Å²) < 4.78 is 28.2. The lowest BCUT2D eigenvalue weighted by Gasteiger charge is -2.10. The van der Waals surface area contributed by atoms with E-state index in [-0.39, 0.29) is 15.7 Å². The van der Waals surface area contributed by atoms with E-state index in [0.29, 0.717) is 24.3 Å². The minimum absolute atomic E-state index is 0.121. The largest absolute Gasteiger partial charge is 0.496 e. The van der Waals surface area contributed by atoms with Crippen molar-refractivity contribution in [2.45, 2.75) is 10.6 Å². The molecule has 25 heavy (non-hydrogen) atoms. The molecule has 0 atom stereocenters. The van der Waals surface area contributed by atoms with Crippen LogP contribution >= 0.6 is 11.3 Å². The minimum atomic E-state index is -3.33. The fraction of sp³-hybridized carbons (Fsp3) is 0.250. The lowest BCUT2D eigenvalue weighted by Crippen LogP contribution is -2.25. The van der Waals surface area contributed by atoms with Gasteiger partial charge >= 0.3 is 5.97 Å². The van der Waals surface area contributed by atoms with E-state index < -0.39 is 15.8 Å². The van der Waals surface area contributed by atoms with Gasteiger partial charge in [-0.25, -0.2) is 13.2 Å². The monoisotopic (exact) mass is 383 g/mol. The fourth-order valence-corrected chi connectivity index (χ4v) is 3.92. The van der Waals surface area contributed by atoms with Crippen LogP contribution < -0.4 is 10.1 Å². The van der Waals surface area contributed by atoms with Crippen LogP contribution in [0.5, 0.6) is 5.75 Å².